The number of carboxylic acid groups (broad SMARTS) is 1. The van der Waals surface area contributed by atoms with Gasteiger partial charge in [-0.05, 0) is 51.5 Å². The first-order valence-corrected chi connectivity index (χ1v) is 15.0. The molecule has 0 aliphatic carbocycles. The van der Waals surface area contributed by atoms with Crippen molar-refractivity contribution >= 4 is 23.7 Å². The van der Waals surface area contributed by atoms with E-state index in [0.717, 1.165) is 31.0 Å². The van der Waals surface area contributed by atoms with E-state index in [0.29, 0.717) is 62.9 Å². The van der Waals surface area contributed by atoms with Gasteiger partial charge in [-0.3, -0.25) is 19.2 Å². The molecule has 0 unspecified atom stereocenters. The first kappa shape index (κ1) is 32.4. The second-order valence-corrected chi connectivity index (χ2v) is 11.2. The third-order valence-electron chi connectivity index (χ3n) is 7.60. The Kier molecular flexibility index (Phi) is 11.2. The summed E-state index contributed by atoms with van der Waals surface area (Å²) in [5.41, 5.74) is 1.77. The number of carboxylic acids is 1. The lowest BCUT2D eigenvalue weighted by atomic mass is 9.99. The quantitative estimate of drug-likeness (QED) is 0.454. The van der Waals surface area contributed by atoms with E-state index in [-0.39, 0.29) is 30.6 Å². The molecule has 13 nitrogen and oxygen atoms in total. The van der Waals surface area contributed by atoms with Crippen LogP contribution in [0.2, 0.25) is 0 Å². The lowest BCUT2D eigenvalue weighted by Crippen LogP contribution is -2.53. The van der Waals surface area contributed by atoms with Crippen LogP contribution in [0.5, 0.6) is 0 Å². The standard InChI is InChI=1S/C29H37N7O4.C2H4O2/c1-20-17-23(40-33-20)19-27(38)34-13-8-12-26(37)35-14-7-6-11-25(35)29(39)31-24(18-22-9-4-3-5-10-22)28-30-21(2)32-36(28)16-15-34;1-2(3)4/h3-5,9-10,17,24-25H,6-8,11-16,18-19H2,1-2H3,(H,31,39);1H3,(H,3,4)/t24-,25+;/m1./s1. The van der Waals surface area contributed by atoms with Crippen molar-refractivity contribution in [3.63, 3.8) is 0 Å². The highest BCUT2D eigenvalue weighted by molar-refractivity contribution is 5.88. The first-order chi connectivity index (χ1) is 21.1. The summed E-state index contributed by atoms with van der Waals surface area (Å²) in [5, 5.41) is 19.2. The maximum absolute atomic E-state index is 13.7. The van der Waals surface area contributed by atoms with Crippen LogP contribution < -0.4 is 5.32 Å². The van der Waals surface area contributed by atoms with Gasteiger partial charge in [0.1, 0.15) is 23.5 Å². The normalized spacial score (nSPS) is 19.5. The van der Waals surface area contributed by atoms with Crippen LogP contribution in [0.15, 0.2) is 40.9 Å². The smallest absolute Gasteiger partial charge is 0.300 e. The molecule has 0 spiro atoms. The summed E-state index contributed by atoms with van der Waals surface area (Å²) in [7, 11) is 0. The van der Waals surface area contributed by atoms with Crippen molar-refractivity contribution in [2.45, 2.75) is 84.3 Å². The van der Waals surface area contributed by atoms with Gasteiger partial charge >= 0.3 is 0 Å². The Morgan fingerprint density at radius 1 is 1.05 bits per heavy atom. The van der Waals surface area contributed by atoms with Crippen molar-refractivity contribution in [2.24, 2.45) is 0 Å². The summed E-state index contributed by atoms with van der Waals surface area (Å²) in [5.74, 6) is 0.608. The molecule has 2 N–H and O–H groups in total. The minimum atomic E-state index is -0.833. The third kappa shape index (κ3) is 8.98. The van der Waals surface area contributed by atoms with E-state index in [1.165, 1.54) is 0 Å². The Bertz CT molecular complexity index is 1430. The van der Waals surface area contributed by atoms with E-state index in [9.17, 15) is 14.4 Å². The zero-order valence-corrected chi connectivity index (χ0v) is 25.6. The second-order valence-electron chi connectivity index (χ2n) is 11.2. The zero-order valence-electron chi connectivity index (χ0n) is 25.6. The van der Waals surface area contributed by atoms with Gasteiger partial charge in [-0.1, -0.05) is 35.5 Å². The molecule has 5 rings (SSSR count). The summed E-state index contributed by atoms with van der Waals surface area (Å²) in [6.45, 7) is 6.49. The molecule has 44 heavy (non-hydrogen) atoms. The van der Waals surface area contributed by atoms with Crippen LogP contribution in [0.1, 0.15) is 73.7 Å². The molecule has 2 aliphatic rings. The Morgan fingerprint density at radius 3 is 2.50 bits per heavy atom. The molecule has 3 aromatic rings. The van der Waals surface area contributed by atoms with Crippen LogP contribution in [0.4, 0.5) is 0 Å². The first-order valence-electron chi connectivity index (χ1n) is 15.0. The summed E-state index contributed by atoms with van der Waals surface area (Å²) in [4.78, 5) is 57.5. The number of aromatic nitrogens is 4. The molecule has 3 amide bonds. The van der Waals surface area contributed by atoms with Gasteiger partial charge in [-0.25, -0.2) is 9.67 Å². The van der Waals surface area contributed by atoms with E-state index < -0.39 is 18.1 Å². The predicted molar refractivity (Wildman–Crippen MR) is 159 cm³/mol. The van der Waals surface area contributed by atoms with Crippen molar-refractivity contribution in [1.29, 1.82) is 0 Å². The number of carbonyl (C=O) groups excluding carboxylic acids is 3. The van der Waals surface area contributed by atoms with Gasteiger partial charge in [-0.15, -0.1) is 0 Å². The summed E-state index contributed by atoms with van der Waals surface area (Å²) in [6, 6.07) is 10.7. The number of fused-ring (bicyclic) bond motifs is 2. The van der Waals surface area contributed by atoms with Crippen molar-refractivity contribution in [3.8, 4) is 0 Å². The average Bonchev–Trinajstić information content (AvgIpc) is 3.58. The number of aliphatic carboxylic acids is 1. The Labute approximate surface area is 256 Å². The highest BCUT2D eigenvalue weighted by Crippen LogP contribution is 2.23. The number of rotatable bonds is 4. The minimum Gasteiger partial charge on any atom is -0.481 e. The van der Waals surface area contributed by atoms with Gasteiger partial charge in [0, 0.05) is 39.0 Å². The van der Waals surface area contributed by atoms with E-state index in [1.807, 2.05) is 44.2 Å². The molecule has 2 aliphatic heterocycles. The zero-order chi connectivity index (χ0) is 31.6. The number of nitrogens with zero attached hydrogens (tertiary/aromatic N) is 6. The van der Waals surface area contributed by atoms with Crippen molar-refractivity contribution in [2.75, 3.05) is 19.6 Å². The molecule has 1 aromatic carbocycles. The maximum atomic E-state index is 13.7. The number of piperidine rings is 1. The number of hydrogen-bond donors (Lipinski definition) is 2. The molecular weight excluding hydrogens is 566 g/mol. The topological polar surface area (TPSA) is 164 Å². The number of carbonyl (C=O) groups is 4. The van der Waals surface area contributed by atoms with E-state index in [1.54, 1.807) is 20.5 Å². The van der Waals surface area contributed by atoms with Crippen molar-refractivity contribution in [3.05, 3.63) is 65.1 Å². The fourth-order valence-electron chi connectivity index (χ4n) is 5.62. The Morgan fingerprint density at radius 2 is 1.80 bits per heavy atom. The molecule has 0 bridgehead atoms. The monoisotopic (exact) mass is 607 g/mol. The van der Waals surface area contributed by atoms with Gasteiger partial charge < -0.3 is 24.7 Å². The number of benzene rings is 1. The lowest BCUT2D eigenvalue weighted by Gasteiger charge is -2.36. The highest BCUT2D eigenvalue weighted by atomic mass is 16.5. The van der Waals surface area contributed by atoms with Crippen LogP contribution in [0, 0.1) is 13.8 Å². The van der Waals surface area contributed by atoms with Gasteiger partial charge in [-0.2, -0.15) is 5.10 Å². The molecular formula is C31H41N7O6. The van der Waals surface area contributed by atoms with Crippen LogP contribution in [-0.2, 0) is 38.6 Å². The fourth-order valence-corrected chi connectivity index (χ4v) is 5.62. The number of aryl methyl sites for hydroxylation is 2. The molecule has 1 saturated heterocycles. The average molecular weight is 608 g/mol. The fraction of sp³-hybridized carbons (Fsp3) is 0.516. The molecule has 0 saturated carbocycles. The molecule has 0 radical (unpaired) electrons. The van der Waals surface area contributed by atoms with E-state index >= 15 is 0 Å². The predicted octanol–water partition coefficient (Wildman–Crippen LogP) is 2.62. The SMILES string of the molecule is CC(=O)O.Cc1cc(CC(=O)N2CCCC(=O)N3CCCC[C@H]3C(=O)N[C@H](Cc3ccccc3)c3nc(C)nn3CC2)on1. The van der Waals surface area contributed by atoms with Gasteiger partial charge in [0.25, 0.3) is 5.97 Å². The van der Waals surface area contributed by atoms with Gasteiger partial charge in [0.05, 0.1) is 24.7 Å². The number of hydrogen-bond acceptors (Lipinski definition) is 8. The third-order valence-corrected chi connectivity index (χ3v) is 7.60. The van der Waals surface area contributed by atoms with Gasteiger partial charge in [0.15, 0.2) is 0 Å². The van der Waals surface area contributed by atoms with E-state index in [4.69, 9.17) is 19.4 Å². The van der Waals surface area contributed by atoms with Crippen LogP contribution in [0.25, 0.3) is 0 Å². The Balaban J connectivity index is 0.00000104. The molecule has 4 heterocycles. The van der Waals surface area contributed by atoms with E-state index in [2.05, 4.69) is 15.6 Å². The molecule has 1 fully saturated rings. The maximum Gasteiger partial charge on any atom is 0.300 e. The summed E-state index contributed by atoms with van der Waals surface area (Å²) in [6.07, 6.45) is 3.79. The highest BCUT2D eigenvalue weighted by Gasteiger charge is 2.34. The Hall–Kier alpha value is -4.55. The van der Waals surface area contributed by atoms with Crippen molar-refractivity contribution in [1.82, 2.24) is 35.0 Å². The van der Waals surface area contributed by atoms with Crippen LogP contribution >= 0.6 is 0 Å². The van der Waals surface area contributed by atoms with Gasteiger partial charge in [0.2, 0.25) is 17.7 Å². The molecule has 2 atom stereocenters. The number of amides is 3. The molecule has 2 aromatic heterocycles. The van der Waals surface area contributed by atoms with Crippen molar-refractivity contribution < 1.29 is 28.8 Å². The van der Waals surface area contributed by atoms with Crippen LogP contribution in [0.3, 0.4) is 0 Å². The largest absolute Gasteiger partial charge is 0.481 e. The molecule has 13 heteroatoms. The number of nitrogens with one attached hydrogen (secondary N) is 1. The second kappa shape index (κ2) is 15.3. The van der Waals surface area contributed by atoms with Crippen LogP contribution in [-0.4, -0.2) is 84.2 Å². The molecule has 236 valence electrons. The minimum absolute atomic E-state index is 0.0474. The lowest BCUT2D eigenvalue weighted by molar-refractivity contribution is -0.143. The summed E-state index contributed by atoms with van der Waals surface area (Å²) < 4.78 is 7.09. The summed E-state index contributed by atoms with van der Waals surface area (Å²) >= 11 is 0.